The van der Waals surface area contributed by atoms with E-state index in [9.17, 15) is 33.6 Å². The molecule has 0 amide bonds. The fourth-order valence-corrected chi connectivity index (χ4v) is 6.16. The second kappa shape index (κ2) is 8.62. The molecule has 1 saturated heterocycles. The third kappa shape index (κ3) is 5.78. The standard InChI is InChI=1S/C12H19N4O14P3/c1-12(19)8(17)7(4-27-32(23,24)30-33(25,26)29-31(20,21)22)28-9(12)5-2-3-6-10(18)14-11(13)15-16(5)6/h2-3,7-9,17,19H,4H2,1H3,(H,23,24)(H,25,26)(H2,20,21,22)(H3,13,14,15,18)/t7-,8-,9+,12-/m1/s1. The lowest BCUT2D eigenvalue weighted by atomic mass is 9.91. The molecular weight excluding hydrogens is 517 g/mol. The SMILES string of the molecule is C[C@@]1(O)[C@H](O)[C@@H](COP(=O)(O)OP(=O)(O)OP(=O)(O)O)O[C@H]1c1ccc2c(=O)[nH]c(N)nn12. The highest BCUT2D eigenvalue weighted by Gasteiger charge is 2.54. The topological polar surface area (TPSA) is 286 Å². The van der Waals surface area contributed by atoms with Crippen LogP contribution < -0.4 is 11.3 Å². The molecule has 0 aromatic carbocycles. The monoisotopic (exact) mass is 536 g/mol. The van der Waals surface area contributed by atoms with Crippen molar-refractivity contribution in [1.29, 1.82) is 0 Å². The molecule has 21 heteroatoms. The molecule has 3 heterocycles. The Morgan fingerprint density at radius 2 is 1.85 bits per heavy atom. The summed E-state index contributed by atoms with van der Waals surface area (Å²) in [6.45, 7) is 0.153. The summed E-state index contributed by atoms with van der Waals surface area (Å²) in [5.74, 6) is -0.257. The molecule has 0 saturated carbocycles. The summed E-state index contributed by atoms with van der Waals surface area (Å²) < 4.78 is 52.1. The Morgan fingerprint density at radius 1 is 1.21 bits per heavy atom. The van der Waals surface area contributed by atoms with Crippen molar-refractivity contribution < 1.29 is 61.4 Å². The number of fused-ring (bicyclic) bond motifs is 1. The van der Waals surface area contributed by atoms with Gasteiger partial charge in [0, 0.05) is 0 Å². The molecule has 9 N–H and O–H groups in total. The lowest BCUT2D eigenvalue weighted by Gasteiger charge is -2.26. The number of phosphoric ester groups is 1. The number of nitrogens with one attached hydrogen (secondary N) is 1. The minimum absolute atomic E-state index is 0.0322. The van der Waals surface area contributed by atoms with E-state index in [1.54, 1.807) is 0 Å². The Bertz CT molecular complexity index is 1250. The molecule has 1 aliphatic rings. The number of aromatic nitrogens is 3. The Kier molecular flexibility index (Phi) is 6.83. The molecule has 1 fully saturated rings. The Morgan fingerprint density at radius 3 is 2.45 bits per heavy atom. The predicted octanol–water partition coefficient (Wildman–Crippen LogP) is -1.50. The molecule has 0 spiro atoms. The smallest absolute Gasteiger partial charge is 0.387 e. The van der Waals surface area contributed by atoms with Crippen molar-refractivity contribution in [1.82, 2.24) is 14.6 Å². The zero-order chi connectivity index (χ0) is 25.0. The van der Waals surface area contributed by atoms with Crippen LogP contribution in [-0.2, 0) is 31.6 Å². The molecule has 6 atom stereocenters. The Balaban J connectivity index is 1.78. The number of hydrogen-bond donors (Lipinski definition) is 8. The van der Waals surface area contributed by atoms with Crippen LogP contribution in [0.15, 0.2) is 16.9 Å². The van der Waals surface area contributed by atoms with Gasteiger partial charge in [0.15, 0.2) is 0 Å². The van der Waals surface area contributed by atoms with Gasteiger partial charge in [-0.2, -0.15) is 8.62 Å². The van der Waals surface area contributed by atoms with Crippen molar-refractivity contribution in [3.05, 3.63) is 28.2 Å². The highest BCUT2D eigenvalue weighted by molar-refractivity contribution is 7.66. The van der Waals surface area contributed by atoms with Crippen LogP contribution in [0.4, 0.5) is 5.95 Å². The number of phosphoric acid groups is 3. The quantitative estimate of drug-likeness (QED) is 0.178. The van der Waals surface area contributed by atoms with E-state index in [-0.39, 0.29) is 17.2 Å². The number of hydrogen-bond acceptors (Lipinski definition) is 12. The number of anilines is 1. The summed E-state index contributed by atoms with van der Waals surface area (Å²) in [4.78, 5) is 50.0. The summed E-state index contributed by atoms with van der Waals surface area (Å²) >= 11 is 0. The molecule has 1 aliphatic heterocycles. The van der Waals surface area contributed by atoms with Crippen LogP contribution in [0.3, 0.4) is 0 Å². The largest absolute Gasteiger partial charge is 0.490 e. The summed E-state index contributed by atoms with van der Waals surface area (Å²) in [6.07, 6.45) is -4.65. The van der Waals surface area contributed by atoms with Gasteiger partial charge in [0.05, 0.1) is 12.3 Å². The van der Waals surface area contributed by atoms with Crippen LogP contribution in [0.1, 0.15) is 18.7 Å². The molecule has 186 valence electrons. The molecule has 2 aromatic heterocycles. The summed E-state index contributed by atoms with van der Waals surface area (Å²) in [7, 11) is -16.8. The highest BCUT2D eigenvalue weighted by atomic mass is 31.3. The number of nitrogens with zero attached hydrogens (tertiary/aromatic N) is 2. The summed E-state index contributed by atoms with van der Waals surface area (Å²) in [5.41, 5.74) is 2.97. The van der Waals surface area contributed by atoms with Gasteiger partial charge in [-0.05, 0) is 19.1 Å². The predicted molar refractivity (Wildman–Crippen MR) is 104 cm³/mol. The first kappa shape index (κ1) is 26.1. The lowest BCUT2D eigenvalue weighted by molar-refractivity contribution is -0.0664. The van der Waals surface area contributed by atoms with E-state index in [1.165, 1.54) is 12.1 Å². The van der Waals surface area contributed by atoms with Gasteiger partial charge in [-0.15, -0.1) is 5.10 Å². The maximum absolute atomic E-state index is 12.0. The van der Waals surface area contributed by atoms with E-state index in [1.807, 2.05) is 0 Å². The average Bonchev–Trinajstić information content (AvgIpc) is 3.10. The van der Waals surface area contributed by atoms with Gasteiger partial charge < -0.3 is 40.3 Å². The van der Waals surface area contributed by atoms with Crippen molar-refractivity contribution in [3.63, 3.8) is 0 Å². The first-order valence-electron chi connectivity index (χ1n) is 8.63. The second-order valence-corrected chi connectivity index (χ2v) is 11.4. The second-order valence-electron chi connectivity index (χ2n) is 7.01. The van der Waals surface area contributed by atoms with E-state index in [0.29, 0.717) is 0 Å². The fourth-order valence-electron chi connectivity index (χ4n) is 3.13. The van der Waals surface area contributed by atoms with Gasteiger partial charge in [0.2, 0.25) is 5.95 Å². The first-order chi connectivity index (χ1) is 14.9. The highest BCUT2D eigenvalue weighted by Crippen LogP contribution is 2.66. The van der Waals surface area contributed by atoms with Gasteiger partial charge in [0.25, 0.3) is 5.56 Å². The molecular formula is C12H19N4O14P3. The fraction of sp³-hybridized carbons (Fsp3) is 0.500. The van der Waals surface area contributed by atoms with Crippen LogP contribution in [0, 0.1) is 0 Å². The maximum Gasteiger partial charge on any atom is 0.490 e. The number of ether oxygens (including phenoxy) is 1. The third-order valence-electron chi connectivity index (χ3n) is 4.45. The molecule has 18 nitrogen and oxygen atoms in total. The number of aromatic amines is 1. The number of nitrogen functional groups attached to an aromatic ring is 1. The first-order valence-corrected chi connectivity index (χ1v) is 13.2. The summed E-state index contributed by atoms with van der Waals surface area (Å²) in [6, 6.07) is 2.69. The molecule has 2 unspecified atom stereocenters. The maximum atomic E-state index is 12.0. The number of rotatable bonds is 8. The zero-order valence-corrected chi connectivity index (χ0v) is 19.0. The van der Waals surface area contributed by atoms with Crippen molar-refractivity contribution in [2.75, 3.05) is 12.3 Å². The van der Waals surface area contributed by atoms with Crippen molar-refractivity contribution in [3.8, 4) is 0 Å². The lowest BCUT2D eigenvalue weighted by Crippen LogP contribution is -2.43. The van der Waals surface area contributed by atoms with Gasteiger partial charge in [0.1, 0.15) is 29.4 Å². The van der Waals surface area contributed by atoms with Crippen LogP contribution >= 0.6 is 23.5 Å². The van der Waals surface area contributed by atoms with Gasteiger partial charge >= 0.3 is 23.5 Å². The Hall–Kier alpha value is -1.49. The summed E-state index contributed by atoms with van der Waals surface area (Å²) in [5, 5.41) is 25.1. The number of nitrogens with two attached hydrogens (primary N) is 1. The number of H-pyrrole nitrogens is 1. The molecule has 0 bridgehead atoms. The minimum Gasteiger partial charge on any atom is -0.387 e. The van der Waals surface area contributed by atoms with E-state index >= 15 is 0 Å². The van der Waals surface area contributed by atoms with Crippen LogP contribution in [0.2, 0.25) is 0 Å². The van der Waals surface area contributed by atoms with E-state index in [2.05, 4.69) is 23.2 Å². The van der Waals surface area contributed by atoms with Gasteiger partial charge in [-0.3, -0.25) is 14.3 Å². The van der Waals surface area contributed by atoms with Crippen LogP contribution in [-0.4, -0.2) is 68.8 Å². The van der Waals surface area contributed by atoms with E-state index in [0.717, 1.165) is 11.4 Å². The van der Waals surface area contributed by atoms with Gasteiger partial charge in [-0.1, -0.05) is 0 Å². The molecule has 0 aliphatic carbocycles. The molecule has 33 heavy (non-hydrogen) atoms. The average molecular weight is 536 g/mol. The number of aliphatic hydroxyl groups excluding tert-OH is 1. The normalized spacial score (nSPS) is 29.7. The van der Waals surface area contributed by atoms with Crippen LogP contribution in [0.5, 0.6) is 0 Å². The van der Waals surface area contributed by atoms with Crippen molar-refractivity contribution in [2.45, 2.75) is 30.8 Å². The van der Waals surface area contributed by atoms with Crippen molar-refractivity contribution in [2.24, 2.45) is 0 Å². The van der Waals surface area contributed by atoms with Crippen molar-refractivity contribution >= 4 is 34.9 Å². The molecule has 2 aromatic rings. The molecule has 3 rings (SSSR count). The van der Waals surface area contributed by atoms with E-state index in [4.69, 9.17) is 25.2 Å². The Labute approximate surface area is 183 Å². The van der Waals surface area contributed by atoms with Gasteiger partial charge in [-0.25, -0.2) is 18.2 Å². The zero-order valence-electron chi connectivity index (χ0n) is 16.4. The van der Waals surface area contributed by atoms with Crippen LogP contribution in [0.25, 0.3) is 5.52 Å². The number of aliphatic hydroxyl groups is 2. The minimum atomic E-state index is -5.74. The van der Waals surface area contributed by atoms with E-state index < -0.39 is 59.5 Å². The molecule has 0 radical (unpaired) electrons. The third-order valence-corrected chi connectivity index (χ3v) is 8.25.